The second kappa shape index (κ2) is 3.05. The molecule has 17 heavy (non-hydrogen) atoms. The van der Waals surface area contributed by atoms with E-state index in [9.17, 15) is 9.90 Å². The van der Waals surface area contributed by atoms with Crippen LogP contribution in [0, 0.1) is 17.3 Å². The number of carbonyl (C=O) groups excluding carboxylic acids is 1. The van der Waals surface area contributed by atoms with Gasteiger partial charge in [-0.1, -0.05) is 29.4 Å². The number of alkyl halides is 1. The fourth-order valence-electron chi connectivity index (χ4n) is 4.69. The van der Waals surface area contributed by atoms with Crippen LogP contribution in [0.1, 0.15) is 39.5 Å². The molecule has 3 fully saturated rings. The minimum atomic E-state index is -0.851. The quantitative estimate of drug-likeness (QED) is 0.597. The van der Waals surface area contributed by atoms with Gasteiger partial charge in [0.25, 0.3) is 0 Å². The number of rotatable bonds is 1. The second-order valence-corrected chi connectivity index (χ2v) is 7.85. The minimum absolute atomic E-state index is 0.0266. The normalized spacial score (nSPS) is 56.4. The van der Waals surface area contributed by atoms with E-state index < -0.39 is 9.93 Å². The third-order valence-electron chi connectivity index (χ3n) is 5.71. The van der Waals surface area contributed by atoms with Crippen molar-refractivity contribution in [1.82, 2.24) is 0 Å². The SMILES string of the molecule is C=C(C)[C@]1(O)CC[C@@]2(C)C(=O)[C@]3(Br)CC[C@H]2[C@H]13. The average Bonchev–Trinajstić information content (AvgIpc) is 2.68. The first-order valence-corrected chi connectivity index (χ1v) is 7.18. The maximum absolute atomic E-state index is 12.6. The highest BCUT2D eigenvalue weighted by Gasteiger charge is 2.75. The van der Waals surface area contributed by atoms with Crippen LogP contribution in [0.5, 0.6) is 0 Å². The van der Waals surface area contributed by atoms with Crippen molar-refractivity contribution in [3.05, 3.63) is 12.2 Å². The van der Waals surface area contributed by atoms with Crippen molar-refractivity contribution in [3.8, 4) is 0 Å². The molecular weight excluding hydrogens is 280 g/mol. The third kappa shape index (κ3) is 1.09. The highest BCUT2D eigenvalue weighted by molar-refractivity contribution is 9.10. The van der Waals surface area contributed by atoms with Crippen molar-refractivity contribution in [2.24, 2.45) is 17.3 Å². The molecule has 0 spiro atoms. The van der Waals surface area contributed by atoms with E-state index in [1.165, 1.54) is 0 Å². The highest BCUT2D eigenvalue weighted by atomic mass is 79.9. The maximum atomic E-state index is 12.6. The molecule has 0 aliphatic heterocycles. The van der Waals surface area contributed by atoms with Gasteiger partial charge in [0.1, 0.15) is 0 Å². The van der Waals surface area contributed by atoms with E-state index in [1.54, 1.807) is 0 Å². The van der Waals surface area contributed by atoms with Crippen LogP contribution in [0.4, 0.5) is 0 Å². The summed E-state index contributed by atoms with van der Waals surface area (Å²) in [7, 11) is 0. The summed E-state index contributed by atoms with van der Waals surface area (Å²) in [5.74, 6) is 0.673. The molecule has 0 heterocycles. The molecule has 0 radical (unpaired) electrons. The predicted octanol–water partition coefficient (Wildman–Crippen LogP) is 2.84. The number of halogens is 1. The van der Waals surface area contributed by atoms with Crippen LogP contribution in [0.3, 0.4) is 0 Å². The first-order chi connectivity index (χ1) is 7.77. The Kier molecular flexibility index (Phi) is 2.14. The second-order valence-electron chi connectivity index (χ2n) is 6.44. The summed E-state index contributed by atoms with van der Waals surface area (Å²) >= 11 is 3.69. The van der Waals surface area contributed by atoms with Crippen LogP contribution in [-0.2, 0) is 4.79 Å². The lowest BCUT2D eigenvalue weighted by molar-refractivity contribution is -0.131. The van der Waals surface area contributed by atoms with E-state index in [-0.39, 0.29) is 11.3 Å². The first kappa shape index (κ1) is 11.9. The summed E-state index contributed by atoms with van der Waals surface area (Å²) in [5, 5.41) is 10.9. The maximum Gasteiger partial charge on any atom is 0.156 e. The van der Waals surface area contributed by atoms with Gasteiger partial charge < -0.3 is 5.11 Å². The summed E-state index contributed by atoms with van der Waals surface area (Å²) in [6.45, 7) is 7.94. The fraction of sp³-hybridized carbons (Fsp3) is 0.786. The van der Waals surface area contributed by atoms with Crippen molar-refractivity contribution in [1.29, 1.82) is 0 Å². The molecule has 3 aliphatic rings. The van der Waals surface area contributed by atoms with Crippen molar-refractivity contribution in [2.45, 2.75) is 49.5 Å². The Bertz CT molecular complexity index is 428. The number of hydrogen-bond acceptors (Lipinski definition) is 2. The molecular formula is C14H19BrO2. The van der Waals surface area contributed by atoms with Gasteiger partial charge in [0.15, 0.2) is 5.78 Å². The van der Waals surface area contributed by atoms with Gasteiger partial charge in [-0.25, -0.2) is 0 Å². The lowest BCUT2D eigenvalue weighted by Gasteiger charge is -2.45. The fourth-order valence-corrected chi connectivity index (χ4v) is 6.07. The average molecular weight is 299 g/mol. The molecule has 3 aliphatic carbocycles. The zero-order chi connectivity index (χ0) is 12.6. The number of ketones is 1. The molecule has 3 heteroatoms. The topological polar surface area (TPSA) is 37.3 Å². The van der Waals surface area contributed by atoms with Crippen LogP contribution >= 0.6 is 15.9 Å². The van der Waals surface area contributed by atoms with Crippen molar-refractivity contribution in [3.63, 3.8) is 0 Å². The predicted molar refractivity (Wildman–Crippen MR) is 70.0 cm³/mol. The van der Waals surface area contributed by atoms with Crippen LogP contribution in [0.2, 0.25) is 0 Å². The molecule has 0 unspecified atom stereocenters. The molecule has 0 aromatic carbocycles. The van der Waals surface area contributed by atoms with Gasteiger partial charge in [-0.15, -0.1) is 0 Å². The highest BCUT2D eigenvalue weighted by Crippen LogP contribution is 2.71. The summed E-state index contributed by atoms with van der Waals surface area (Å²) < 4.78 is -0.489. The Morgan fingerprint density at radius 3 is 2.71 bits per heavy atom. The summed E-state index contributed by atoms with van der Waals surface area (Å²) in [5.41, 5.74) is -0.250. The van der Waals surface area contributed by atoms with Gasteiger partial charge in [0.05, 0.1) is 9.93 Å². The van der Waals surface area contributed by atoms with Crippen LogP contribution in [-0.4, -0.2) is 20.8 Å². The van der Waals surface area contributed by atoms with Gasteiger partial charge in [-0.05, 0) is 44.1 Å². The molecule has 0 amide bonds. The Morgan fingerprint density at radius 1 is 1.47 bits per heavy atom. The molecule has 4 bridgehead atoms. The monoisotopic (exact) mass is 298 g/mol. The standard InChI is InChI=1S/C14H19BrO2/c1-8(2)14(17)7-6-12(3)9-4-5-13(15,10(9)14)11(12)16/h9-10,17H,1,4-7H2,2-3H3/t9-,10-,12+,13-,14+/m0/s1. The van der Waals surface area contributed by atoms with Gasteiger partial charge in [-0.2, -0.15) is 0 Å². The summed E-state index contributed by atoms with van der Waals surface area (Å²) in [4.78, 5) is 12.6. The van der Waals surface area contributed by atoms with E-state index in [2.05, 4.69) is 29.4 Å². The largest absolute Gasteiger partial charge is 0.385 e. The van der Waals surface area contributed by atoms with E-state index in [4.69, 9.17) is 0 Å². The molecule has 3 rings (SSSR count). The smallest absolute Gasteiger partial charge is 0.156 e. The van der Waals surface area contributed by atoms with Gasteiger partial charge in [-0.3, -0.25) is 4.79 Å². The minimum Gasteiger partial charge on any atom is -0.385 e. The van der Waals surface area contributed by atoms with Crippen LogP contribution in [0.15, 0.2) is 12.2 Å². The molecule has 1 N–H and O–H groups in total. The van der Waals surface area contributed by atoms with E-state index >= 15 is 0 Å². The van der Waals surface area contributed by atoms with E-state index in [0.29, 0.717) is 18.1 Å². The van der Waals surface area contributed by atoms with Crippen molar-refractivity contribution in [2.75, 3.05) is 0 Å². The molecule has 0 aromatic heterocycles. The van der Waals surface area contributed by atoms with Crippen LogP contribution in [0.25, 0.3) is 0 Å². The Hall–Kier alpha value is -0.150. The molecule has 2 nitrogen and oxygen atoms in total. The van der Waals surface area contributed by atoms with E-state index in [1.807, 2.05) is 6.92 Å². The Morgan fingerprint density at radius 2 is 2.12 bits per heavy atom. The van der Waals surface area contributed by atoms with Gasteiger partial charge in [0.2, 0.25) is 0 Å². The van der Waals surface area contributed by atoms with Crippen molar-refractivity contribution >= 4 is 21.7 Å². The first-order valence-electron chi connectivity index (χ1n) is 6.39. The molecule has 3 saturated carbocycles. The van der Waals surface area contributed by atoms with Crippen LogP contribution < -0.4 is 0 Å². The Labute approximate surface area is 111 Å². The Balaban J connectivity index is 2.17. The van der Waals surface area contributed by atoms with E-state index in [0.717, 1.165) is 24.8 Å². The molecule has 94 valence electrons. The lowest BCUT2D eigenvalue weighted by Crippen LogP contribution is -2.49. The zero-order valence-corrected chi connectivity index (χ0v) is 12.0. The lowest BCUT2D eigenvalue weighted by atomic mass is 9.61. The summed E-state index contributed by atoms with van der Waals surface area (Å²) in [6, 6.07) is 0. The summed E-state index contributed by atoms with van der Waals surface area (Å²) in [6.07, 6.45) is 3.39. The molecule has 0 aromatic rings. The van der Waals surface area contributed by atoms with Gasteiger partial charge in [0, 0.05) is 11.3 Å². The number of carbonyl (C=O) groups is 1. The van der Waals surface area contributed by atoms with Crippen molar-refractivity contribution < 1.29 is 9.90 Å². The number of Topliss-reactive ketones (excluding diaryl/α,β-unsaturated/α-hetero) is 1. The number of aliphatic hydroxyl groups is 1. The van der Waals surface area contributed by atoms with Gasteiger partial charge >= 0.3 is 0 Å². The zero-order valence-electron chi connectivity index (χ0n) is 10.4. The molecule has 5 atom stereocenters. The third-order valence-corrected chi connectivity index (χ3v) is 6.96. The number of hydrogen-bond donors (Lipinski definition) is 1. The molecule has 0 saturated heterocycles.